The number of benzene rings is 1. The summed E-state index contributed by atoms with van der Waals surface area (Å²) in [7, 11) is 0. The fourth-order valence-electron chi connectivity index (χ4n) is 2.04. The molecule has 7 heteroatoms. The monoisotopic (exact) mass is 326 g/mol. The Morgan fingerprint density at radius 2 is 2.00 bits per heavy atom. The summed E-state index contributed by atoms with van der Waals surface area (Å²) in [5, 5.41) is 2.60. The molecule has 1 heterocycles. The van der Waals surface area contributed by atoms with Crippen LogP contribution in [0.2, 0.25) is 0 Å². The van der Waals surface area contributed by atoms with Gasteiger partial charge >= 0.3 is 6.18 Å². The summed E-state index contributed by atoms with van der Waals surface area (Å²) >= 11 is 0. The minimum atomic E-state index is -4.43. The van der Waals surface area contributed by atoms with Gasteiger partial charge in [0.2, 0.25) is 5.91 Å². The van der Waals surface area contributed by atoms with Crippen molar-refractivity contribution in [1.29, 1.82) is 0 Å². The smallest absolute Gasteiger partial charge is 0.349 e. The second-order valence-electron chi connectivity index (χ2n) is 5.06. The van der Waals surface area contributed by atoms with E-state index in [0.29, 0.717) is 11.3 Å². The number of halogens is 4. The molecule has 0 saturated carbocycles. The van der Waals surface area contributed by atoms with Gasteiger partial charge in [-0.2, -0.15) is 13.2 Å². The predicted octanol–water partition coefficient (Wildman–Crippen LogP) is 3.66. The second-order valence-corrected chi connectivity index (χ2v) is 5.06. The molecule has 0 aliphatic carbocycles. The molecule has 23 heavy (non-hydrogen) atoms. The molecule has 1 amide bonds. The van der Waals surface area contributed by atoms with E-state index in [-0.39, 0.29) is 6.42 Å². The maximum Gasteiger partial charge on any atom is 0.416 e. The molecule has 0 aliphatic heterocycles. The lowest BCUT2D eigenvalue weighted by molar-refractivity contribution is -0.137. The van der Waals surface area contributed by atoms with Gasteiger partial charge in [-0.15, -0.1) is 0 Å². The van der Waals surface area contributed by atoms with Gasteiger partial charge in [0.15, 0.2) is 0 Å². The van der Waals surface area contributed by atoms with Gasteiger partial charge in [-0.1, -0.05) is 12.1 Å². The van der Waals surface area contributed by atoms with Crippen molar-refractivity contribution in [2.75, 3.05) is 0 Å². The first-order valence-electron chi connectivity index (χ1n) is 6.82. The summed E-state index contributed by atoms with van der Waals surface area (Å²) in [6.07, 6.45) is -3.51. The highest BCUT2D eigenvalue weighted by Gasteiger charge is 2.30. The average molecular weight is 326 g/mol. The number of carbonyl (C=O) groups excluding carboxylic acids is 1. The predicted molar refractivity (Wildman–Crippen MR) is 75.9 cm³/mol. The van der Waals surface area contributed by atoms with E-state index >= 15 is 0 Å². The van der Waals surface area contributed by atoms with Gasteiger partial charge < -0.3 is 5.32 Å². The van der Waals surface area contributed by atoms with Gasteiger partial charge in [0.1, 0.15) is 5.82 Å². The van der Waals surface area contributed by atoms with Crippen LogP contribution in [0.15, 0.2) is 42.6 Å². The molecule has 0 aliphatic rings. The quantitative estimate of drug-likeness (QED) is 0.871. The molecule has 0 radical (unpaired) electrons. The number of alkyl halides is 3. The van der Waals surface area contributed by atoms with Crippen LogP contribution in [0.5, 0.6) is 0 Å². The van der Waals surface area contributed by atoms with Crippen molar-refractivity contribution in [1.82, 2.24) is 10.3 Å². The molecule has 0 unspecified atom stereocenters. The standard InChI is InChI=1S/C16H14F4N2O/c1-10(11-3-2-4-12(7-11)16(18,19)20)22-15(23)8-14-6-5-13(17)9-21-14/h2-7,9-10H,8H2,1H3,(H,22,23)/t10-/m1/s1. The molecule has 1 aromatic carbocycles. The fourth-order valence-corrected chi connectivity index (χ4v) is 2.04. The third kappa shape index (κ3) is 4.77. The molecular weight excluding hydrogens is 312 g/mol. The van der Waals surface area contributed by atoms with Gasteiger partial charge in [-0.25, -0.2) is 4.39 Å². The normalized spacial score (nSPS) is 12.7. The largest absolute Gasteiger partial charge is 0.416 e. The molecule has 2 aromatic rings. The molecule has 1 N–H and O–H groups in total. The van der Waals surface area contributed by atoms with Gasteiger partial charge in [0.25, 0.3) is 0 Å². The second kappa shape index (κ2) is 6.76. The van der Waals surface area contributed by atoms with E-state index in [2.05, 4.69) is 10.3 Å². The Morgan fingerprint density at radius 3 is 2.61 bits per heavy atom. The molecule has 0 fully saturated rings. The Hall–Kier alpha value is -2.44. The highest BCUT2D eigenvalue weighted by atomic mass is 19.4. The summed E-state index contributed by atoms with van der Waals surface area (Å²) in [6.45, 7) is 1.59. The summed E-state index contributed by atoms with van der Waals surface area (Å²) < 4.78 is 50.8. The molecule has 0 bridgehead atoms. The van der Waals surface area contributed by atoms with Gasteiger partial charge in [0.05, 0.1) is 24.2 Å². The van der Waals surface area contributed by atoms with E-state index in [0.717, 1.165) is 18.3 Å². The average Bonchev–Trinajstić information content (AvgIpc) is 2.49. The van der Waals surface area contributed by atoms with Crippen LogP contribution in [0.4, 0.5) is 17.6 Å². The first-order valence-corrected chi connectivity index (χ1v) is 6.82. The van der Waals surface area contributed by atoms with Crippen molar-refractivity contribution < 1.29 is 22.4 Å². The minimum Gasteiger partial charge on any atom is -0.349 e. The van der Waals surface area contributed by atoms with Crippen LogP contribution < -0.4 is 5.32 Å². The Labute approximate surface area is 130 Å². The summed E-state index contributed by atoms with van der Waals surface area (Å²) in [5.74, 6) is -0.916. The van der Waals surface area contributed by atoms with Crippen LogP contribution >= 0.6 is 0 Å². The van der Waals surface area contributed by atoms with Crippen molar-refractivity contribution >= 4 is 5.91 Å². The van der Waals surface area contributed by atoms with Gasteiger partial charge in [0, 0.05) is 5.69 Å². The zero-order valence-electron chi connectivity index (χ0n) is 12.2. The highest BCUT2D eigenvalue weighted by Crippen LogP contribution is 2.30. The van der Waals surface area contributed by atoms with Crippen LogP contribution in [-0.4, -0.2) is 10.9 Å². The third-order valence-electron chi connectivity index (χ3n) is 3.22. The van der Waals surface area contributed by atoms with Crippen LogP contribution in [-0.2, 0) is 17.4 Å². The topological polar surface area (TPSA) is 42.0 Å². The highest BCUT2D eigenvalue weighted by molar-refractivity contribution is 5.78. The summed E-state index contributed by atoms with van der Waals surface area (Å²) in [4.78, 5) is 15.7. The SMILES string of the molecule is C[C@@H](NC(=O)Cc1ccc(F)cn1)c1cccc(C(F)(F)F)c1. The Bertz CT molecular complexity index is 683. The molecular formula is C16H14F4N2O. The molecule has 1 aromatic heterocycles. The number of rotatable bonds is 4. The van der Waals surface area contributed by atoms with E-state index in [1.807, 2.05) is 0 Å². The van der Waals surface area contributed by atoms with Crippen molar-refractivity contribution in [3.63, 3.8) is 0 Å². The van der Waals surface area contributed by atoms with Crippen LogP contribution in [0, 0.1) is 5.82 Å². The first kappa shape index (κ1) is 16.9. The minimum absolute atomic E-state index is 0.0798. The van der Waals surface area contributed by atoms with Crippen molar-refractivity contribution in [3.8, 4) is 0 Å². The third-order valence-corrected chi connectivity index (χ3v) is 3.22. The maximum absolute atomic E-state index is 12.7. The van der Waals surface area contributed by atoms with E-state index in [1.54, 1.807) is 6.92 Å². The lowest BCUT2D eigenvalue weighted by Gasteiger charge is -2.16. The van der Waals surface area contributed by atoms with Crippen LogP contribution in [0.25, 0.3) is 0 Å². The lowest BCUT2D eigenvalue weighted by Crippen LogP contribution is -2.28. The number of amides is 1. The van der Waals surface area contributed by atoms with Crippen molar-refractivity contribution in [2.45, 2.75) is 25.6 Å². The molecule has 0 saturated heterocycles. The molecule has 122 valence electrons. The fraction of sp³-hybridized carbons (Fsp3) is 0.250. The zero-order valence-corrected chi connectivity index (χ0v) is 12.2. The van der Waals surface area contributed by atoms with Gasteiger partial charge in [-0.05, 0) is 36.8 Å². The summed E-state index contributed by atoms with van der Waals surface area (Å²) in [6, 6.07) is 6.75. The van der Waals surface area contributed by atoms with Crippen LogP contribution in [0.1, 0.15) is 29.8 Å². The maximum atomic E-state index is 12.7. The van der Waals surface area contributed by atoms with Crippen LogP contribution in [0.3, 0.4) is 0 Å². The lowest BCUT2D eigenvalue weighted by atomic mass is 10.0. The zero-order chi connectivity index (χ0) is 17.0. The Kier molecular flexibility index (Phi) is 4.98. The number of nitrogens with zero attached hydrogens (tertiary/aromatic N) is 1. The van der Waals surface area contributed by atoms with E-state index in [9.17, 15) is 22.4 Å². The number of hydrogen-bond donors (Lipinski definition) is 1. The number of pyridine rings is 1. The van der Waals surface area contributed by atoms with E-state index < -0.39 is 29.5 Å². The van der Waals surface area contributed by atoms with Gasteiger partial charge in [-0.3, -0.25) is 9.78 Å². The van der Waals surface area contributed by atoms with Crippen molar-refractivity contribution in [2.24, 2.45) is 0 Å². The summed E-state index contributed by atoms with van der Waals surface area (Å²) in [5.41, 5.74) is -0.0447. The number of aromatic nitrogens is 1. The number of carbonyl (C=O) groups is 1. The van der Waals surface area contributed by atoms with E-state index in [1.165, 1.54) is 24.3 Å². The Morgan fingerprint density at radius 1 is 1.26 bits per heavy atom. The number of hydrogen-bond acceptors (Lipinski definition) is 2. The molecule has 2 rings (SSSR count). The van der Waals surface area contributed by atoms with E-state index in [4.69, 9.17) is 0 Å². The Balaban J connectivity index is 2.02. The number of nitrogens with one attached hydrogen (secondary N) is 1. The van der Waals surface area contributed by atoms with Crippen molar-refractivity contribution in [3.05, 3.63) is 65.2 Å². The molecule has 3 nitrogen and oxygen atoms in total. The molecule has 1 atom stereocenters. The molecule has 0 spiro atoms. The first-order chi connectivity index (χ1) is 10.8.